The predicted molar refractivity (Wildman–Crippen MR) is 91.4 cm³/mol. The Morgan fingerprint density at radius 2 is 1.91 bits per heavy atom. The van der Waals surface area contributed by atoms with Crippen LogP contribution in [0.4, 0.5) is 5.69 Å². The Hall–Kier alpha value is -2.25. The molecule has 23 heavy (non-hydrogen) atoms. The number of nitro groups is 1. The lowest BCUT2D eigenvalue weighted by molar-refractivity contribution is -0.384. The van der Waals surface area contributed by atoms with Gasteiger partial charge in [-0.05, 0) is 43.7 Å². The molecule has 0 atom stereocenters. The summed E-state index contributed by atoms with van der Waals surface area (Å²) in [6, 6.07) is 10.6. The third kappa shape index (κ3) is 5.15. The molecule has 0 radical (unpaired) electrons. The molecular weight excluding hydrogens is 314 g/mol. The molecule has 7 heteroatoms. The van der Waals surface area contributed by atoms with Crippen molar-refractivity contribution in [3.05, 3.63) is 51.4 Å². The van der Waals surface area contributed by atoms with E-state index in [2.05, 4.69) is 10.6 Å². The highest BCUT2D eigenvalue weighted by molar-refractivity contribution is 7.15. The van der Waals surface area contributed by atoms with Crippen molar-refractivity contribution in [3.8, 4) is 10.4 Å². The molecule has 6 nitrogen and oxygen atoms in total. The average Bonchev–Trinajstić information content (AvgIpc) is 2.95. The van der Waals surface area contributed by atoms with E-state index in [1.54, 1.807) is 23.5 Å². The Balaban J connectivity index is 1.90. The van der Waals surface area contributed by atoms with Crippen LogP contribution in [0.25, 0.3) is 10.4 Å². The zero-order chi connectivity index (χ0) is 16.8. The highest BCUT2D eigenvalue weighted by Gasteiger charge is 2.08. The molecule has 0 fully saturated rings. The van der Waals surface area contributed by atoms with Gasteiger partial charge in [-0.15, -0.1) is 11.3 Å². The number of carbonyl (C=O) groups excluding carboxylic acids is 1. The van der Waals surface area contributed by atoms with Crippen molar-refractivity contribution in [2.45, 2.75) is 26.4 Å². The lowest BCUT2D eigenvalue weighted by Crippen LogP contribution is -2.37. The van der Waals surface area contributed by atoms with Crippen LogP contribution in [0, 0.1) is 10.1 Å². The zero-order valence-electron chi connectivity index (χ0n) is 13.0. The molecule has 1 amide bonds. The molecule has 0 unspecified atom stereocenters. The van der Waals surface area contributed by atoms with Crippen molar-refractivity contribution >= 4 is 22.9 Å². The summed E-state index contributed by atoms with van der Waals surface area (Å²) in [6.07, 6.45) is 0. The summed E-state index contributed by atoms with van der Waals surface area (Å²) in [4.78, 5) is 23.9. The van der Waals surface area contributed by atoms with E-state index in [0.717, 1.165) is 15.3 Å². The molecule has 0 spiro atoms. The maximum Gasteiger partial charge on any atom is 0.269 e. The van der Waals surface area contributed by atoms with Gasteiger partial charge in [0, 0.05) is 34.5 Å². The van der Waals surface area contributed by atoms with Crippen LogP contribution in [-0.4, -0.2) is 23.4 Å². The normalized spacial score (nSPS) is 10.7. The van der Waals surface area contributed by atoms with E-state index in [1.165, 1.54) is 12.1 Å². The van der Waals surface area contributed by atoms with Gasteiger partial charge in [0.15, 0.2) is 0 Å². The molecule has 2 aromatic rings. The van der Waals surface area contributed by atoms with Gasteiger partial charge in [0.25, 0.3) is 5.69 Å². The van der Waals surface area contributed by atoms with E-state index in [4.69, 9.17) is 0 Å². The molecule has 1 aromatic carbocycles. The van der Waals surface area contributed by atoms with Crippen LogP contribution in [-0.2, 0) is 11.3 Å². The second-order valence-corrected chi connectivity index (χ2v) is 6.56. The second kappa shape index (κ2) is 7.85. The van der Waals surface area contributed by atoms with Crippen LogP contribution in [0.5, 0.6) is 0 Å². The molecule has 0 aliphatic carbocycles. The minimum Gasteiger partial charge on any atom is -0.353 e. The Labute approximate surface area is 138 Å². The highest BCUT2D eigenvalue weighted by atomic mass is 32.1. The van der Waals surface area contributed by atoms with Crippen LogP contribution in [0.1, 0.15) is 18.7 Å². The smallest absolute Gasteiger partial charge is 0.269 e. The van der Waals surface area contributed by atoms with Gasteiger partial charge in [-0.1, -0.05) is 0 Å². The van der Waals surface area contributed by atoms with Crippen molar-refractivity contribution < 1.29 is 9.72 Å². The zero-order valence-corrected chi connectivity index (χ0v) is 13.9. The van der Waals surface area contributed by atoms with Crippen molar-refractivity contribution in [2.75, 3.05) is 6.54 Å². The average molecular weight is 333 g/mol. The summed E-state index contributed by atoms with van der Waals surface area (Å²) in [7, 11) is 0. The molecule has 1 heterocycles. The van der Waals surface area contributed by atoms with Gasteiger partial charge in [-0.3, -0.25) is 14.9 Å². The summed E-state index contributed by atoms with van der Waals surface area (Å²) in [5.41, 5.74) is 1.03. The fourth-order valence-electron chi connectivity index (χ4n) is 2.05. The molecule has 0 bridgehead atoms. The Kier molecular flexibility index (Phi) is 5.84. The van der Waals surface area contributed by atoms with Gasteiger partial charge in [0.1, 0.15) is 0 Å². The first kappa shape index (κ1) is 17.1. The lowest BCUT2D eigenvalue weighted by Gasteiger charge is -2.08. The number of nitrogens with one attached hydrogen (secondary N) is 2. The summed E-state index contributed by atoms with van der Waals surface area (Å²) >= 11 is 1.60. The first-order chi connectivity index (χ1) is 11.0. The predicted octanol–water partition coefficient (Wildman–Crippen LogP) is 2.94. The standard InChI is InChI=1S/C16H19N3O3S/c1-11(2)18-16(20)10-17-9-14-7-8-15(23-14)12-3-5-13(6-4-12)19(21)22/h3-8,11,17H,9-10H2,1-2H3,(H,18,20). The van der Waals surface area contributed by atoms with Gasteiger partial charge in [-0.25, -0.2) is 0 Å². The van der Waals surface area contributed by atoms with Gasteiger partial charge in [-0.2, -0.15) is 0 Å². The number of carbonyl (C=O) groups is 1. The van der Waals surface area contributed by atoms with Crippen molar-refractivity contribution in [1.82, 2.24) is 10.6 Å². The molecule has 2 rings (SSSR count). The van der Waals surface area contributed by atoms with E-state index in [-0.39, 0.29) is 24.2 Å². The molecule has 0 saturated heterocycles. The first-order valence-electron chi connectivity index (χ1n) is 7.29. The van der Waals surface area contributed by atoms with E-state index in [9.17, 15) is 14.9 Å². The molecule has 0 aliphatic rings. The first-order valence-corrected chi connectivity index (χ1v) is 8.11. The Bertz CT molecular complexity index is 680. The second-order valence-electron chi connectivity index (χ2n) is 5.40. The number of thiophene rings is 1. The molecule has 2 N–H and O–H groups in total. The topological polar surface area (TPSA) is 84.3 Å². The maximum atomic E-state index is 11.5. The van der Waals surface area contributed by atoms with Gasteiger partial charge in [0.05, 0.1) is 11.5 Å². The fourth-order valence-corrected chi connectivity index (χ4v) is 3.03. The minimum atomic E-state index is -0.407. The number of nitro benzene ring substituents is 1. The number of hydrogen-bond acceptors (Lipinski definition) is 5. The number of rotatable bonds is 7. The number of hydrogen-bond donors (Lipinski definition) is 2. The van der Waals surface area contributed by atoms with Crippen LogP contribution in [0.15, 0.2) is 36.4 Å². The molecule has 0 saturated carbocycles. The van der Waals surface area contributed by atoms with E-state index in [0.29, 0.717) is 6.54 Å². The van der Waals surface area contributed by atoms with E-state index < -0.39 is 4.92 Å². The van der Waals surface area contributed by atoms with Crippen molar-refractivity contribution in [1.29, 1.82) is 0 Å². The molecule has 122 valence electrons. The number of benzene rings is 1. The van der Waals surface area contributed by atoms with Gasteiger partial charge < -0.3 is 10.6 Å². The Morgan fingerprint density at radius 3 is 2.52 bits per heavy atom. The maximum absolute atomic E-state index is 11.5. The van der Waals surface area contributed by atoms with Crippen LogP contribution >= 0.6 is 11.3 Å². The van der Waals surface area contributed by atoms with Crippen molar-refractivity contribution in [2.24, 2.45) is 0 Å². The monoisotopic (exact) mass is 333 g/mol. The minimum absolute atomic E-state index is 0.0212. The largest absolute Gasteiger partial charge is 0.353 e. The SMILES string of the molecule is CC(C)NC(=O)CNCc1ccc(-c2ccc([N+](=O)[O-])cc2)s1. The quantitative estimate of drug-likeness (QED) is 0.603. The molecular formula is C16H19N3O3S. The molecule has 0 aliphatic heterocycles. The van der Waals surface area contributed by atoms with Crippen LogP contribution in [0.2, 0.25) is 0 Å². The fraction of sp³-hybridized carbons (Fsp3) is 0.312. The number of non-ortho nitro benzene ring substituents is 1. The lowest BCUT2D eigenvalue weighted by atomic mass is 10.2. The highest BCUT2D eigenvalue weighted by Crippen LogP contribution is 2.29. The summed E-state index contributed by atoms with van der Waals surface area (Å²) < 4.78 is 0. The third-order valence-electron chi connectivity index (χ3n) is 3.06. The van der Waals surface area contributed by atoms with Crippen molar-refractivity contribution in [3.63, 3.8) is 0 Å². The number of nitrogens with zero attached hydrogens (tertiary/aromatic N) is 1. The third-order valence-corrected chi connectivity index (χ3v) is 4.19. The van der Waals surface area contributed by atoms with Crippen LogP contribution < -0.4 is 10.6 Å². The van der Waals surface area contributed by atoms with Gasteiger partial charge in [0.2, 0.25) is 5.91 Å². The summed E-state index contributed by atoms with van der Waals surface area (Å²) in [5, 5.41) is 16.6. The van der Waals surface area contributed by atoms with Gasteiger partial charge >= 0.3 is 0 Å². The Morgan fingerprint density at radius 1 is 1.22 bits per heavy atom. The molecule has 1 aromatic heterocycles. The van der Waals surface area contributed by atoms with E-state index >= 15 is 0 Å². The number of amides is 1. The summed E-state index contributed by atoms with van der Waals surface area (Å²) in [6.45, 7) is 4.74. The van der Waals surface area contributed by atoms with Crippen LogP contribution in [0.3, 0.4) is 0 Å². The summed E-state index contributed by atoms with van der Waals surface area (Å²) in [5.74, 6) is -0.0212. The van der Waals surface area contributed by atoms with E-state index in [1.807, 2.05) is 26.0 Å².